The molecule has 0 saturated heterocycles. The second-order valence-corrected chi connectivity index (χ2v) is 7.21. The molecule has 4 nitrogen and oxygen atoms in total. The smallest absolute Gasteiger partial charge is 0.277 e. The van der Waals surface area contributed by atoms with Gasteiger partial charge in [-0.2, -0.15) is 0 Å². The van der Waals surface area contributed by atoms with E-state index >= 15 is 0 Å². The molecule has 0 bridgehead atoms. The molecule has 0 aliphatic carbocycles. The van der Waals surface area contributed by atoms with Gasteiger partial charge in [0.1, 0.15) is 0 Å². The van der Waals surface area contributed by atoms with E-state index in [1.54, 1.807) is 18.3 Å². The summed E-state index contributed by atoms with van der Waals surface area (Å²) >= 11 is 6.64. The number of thiophene rings is 1. The van der Waals surface area contributed by atoms with Crippen LogP contribution in [0.4, 0.5) is 0 Å². The van der Waals surface area contributed by atoms with E-state index in [0.29, 0.717) is 11.1 Å². The third-order valence-electron chi connectivity index (χ3n) is 2.09. The molecule has 0 aromatic carbocycles. The normalized spacial score (nSPS) is 14.8. The molecule has 0 spiro atoms. The summed E-state index contributed by atoms with van der Waals surface area (Å²) in [6, 6.07) is 4.10. The van der Waals surface area contributed by atoms with Crippen LogP contribution in [0, 0.1) is 6.92 Å². The highest BCUT2D eigenvalue weighted by Crippen LogP contribution is 2.40. The number of thioether (sulfide) groups is 1. The van der Waals surface area contributed by atoms with Crippen LogP contribution < -0.4 is 5.73 Å². The molecule has 2 atom stereocenters. The van der Waals surface area contributed by atoms with E-state index < -0.39 is 0 Å². The summed E-state index contributed by atoms with van der Waals surface area (Å²) in [6.07, 6.45) is 0. The molecule has 2 rings (SSSR count). The fraction of sp³-hybridized carbons (Fsp3) is 0.400. The molecule has 7 heteroatoms. The first-order chi connectivity index (χ1) is 8.06. The van der Waals surface area contributed by atoms with Gasteiger partial charge in [-0.3, -0.25) is 0 Å². The van der Waals surface area contributed by atoms with Crippen LogP contribution in [0.1, 0.15) is 22.9 Å². The fourth-order valence-corrected chi connectivity index (χ4v) is 4.03. The van der Waals surface area contributed by atoms with Gasteiger partial charge in [0.25, 0.3) is 5.22 Å². The van der Waals surface area contributed by atoms with Crippen molar-refractivity contribution in [3.05, 3.63) is 26.7 Å². The van der Waals surface area contributed by atoms with Crippen molar-refractivity contribution in [2.75, 3.05) is 0 Å². The maximum Gasteiger partial charge on any atom is 0.277 e. The van der Waals surface area contributed by atoms with Gasteiger partial charge in [-0.15, -0.1) is 21.5 Å². The first-order valence-corrected chi connectivity index (χ1v) is 7.53. The minimum atomic E-state index is 0.0118. The van der Waals surface area contributed by atoms with Crippen molar-refractivity contribution in [1.82, 2.24) is 10.2 Å². The summed E-state index contributed by atoms with van der Waals surface area (Å²) in [4.78, 5) is 1.20. The summed E-state index contributed by atoms with van der Waals surface area (Å²) in [6.45, 7) is 3.76. The van der Waals surface area contributed by atoms with Crippen molar-refractivity contribution >= 4 is 39.0 Å². The van der Waals surface area contributed by atoms with E-state index in [-0.39, 0.29) is 11.3 Å². The van der Waals surface area contributed by atoms with Crippen molar-refractivity contribution in [2.45, 2.75) is 30.4 Å². The molecule has 2 aromatic heterocycles. The number of nitrogens with zero attached hydrogens (tertiary/aromatic N) is 2. The molecule has 0 amide bonds. The van der Waals surface area contributed by atoms with Gasteiger partial charge in [0, 0.05) is 17.8 Å². The predicted octanol–water partition coefficient (Wildman–Crippen LogP) is 3.38. The first kappa shape index (κ1) is 13.1. The van der Waals surface area contributed by atoms with Crippen LogP contribution in [0.2, 0.25) is 0 Å². The summed E-state index contributed by atoms with van der Waals surface area (Å²) < 4.78 is 6.47. The van der Waals surface area contributed by atoms with E-state index in [1.807, 2.05) is 13.0 Å². The second-order valence-electron chi connectivity index (χ2n) is 3.63. The number of aryl methyl sites for hydroxylation is 1. The molecule has 0 aliphatic rings. The summed E-state index contributed by atoms with van der Waals surface area (Å²) in [5, 5.41) is 8.49. The Balaban J connectivity index is 2.18. The van der Waals surface area contributed by atoms with Crippen molar-refractivity contribution in [3.8, 4) is 0 Å². The molecular formula is C10H12BrN3OS2. The van der Waals surface area contributed by atoms with Crippen LogP contribution >= 0.6 is 39.0 Å². The Labute approximate surface area is 116 Å². The fourth-order valence-electron chi connectivity index (χ4n) is 1.34. The third kappa shape index (κ3) is 3.31. The predicted molar refractivity (Wildman–Crippen MR) is 73.3 cm³/mol. The maximum absolute atomic E-state index is 6.01. The summed E-state index contributed by atoms with van der Waals surface area (Å²) in [5.41, 5.74) is 6.01. The quantitative estimate of drug-likeness (QED) is 0.869. The molecule has 17 heavy (non-hydrogen) atoms. The van der Waals surface area contributed by atoms with Crippen molar-refractivity contribution in [1.29, 1.82) is 0 Å². The van der Waals surface area contributed by atoms with Crippen molar-refractivity contribution in [2.24, 2.45) is 5.73 Å². The van der Waals surface area contributed by atoms with Gasteiger partial charge in [-0.25, -0.2) is 0 Å². The zero-order chi connectivity index (χ0) is 12.4. The minimum Gasteiger partial charge on any atom is -0.416 e. The average molecular weight is 334 g/mol. The standard InChI is InChI=1S/C10H12BrN3OS2/c1-5(12)9(7-3-4-8(11)16-7)17-10-14-13-6(2)15-10/h3-5,9H,12H2,1-2H3. The van der Waals surface area contributed by atoms with E-state index in [9.17, 15) is 0 Å². The topological polar surface area (TPSA) is 64.9 Å². The lowest BCUT2D eigenvalue weighted by molar-refractivity contribution is 0.428. The number of rotatable bonds is 4. The van der Waals surface area contributed by atoms with Gasteiger partial charge in [0.2, 0.25) is 5.89 Å². The van der Waals surface area contributed by atoms with Crippen LogP contribution in [-0.4, -0.2) is 16.2 Å². The lowest BCUT2D eigenvalue weighted by Crippen LogP contribution is -2.21. The molecule has 0 aliphatic heterocycles. The molecule has 2 aromatic rings. The van der Waals surface area contributed by atoms with E-state index in [2.05, 4.69) is 32.2 Å². The molecule has 0 fully saturated rings. The Bertz CT molecular complexity index is 497. The molecule has 2 unspecified atom stereocenters. The van der Waals surface area contributed by atoms with Gasteiger partial charge >= 0.3 is 0 Å². The van der Waals surface area contributed by atoms with Crippen molar-refractivity contribution in [3.63, 3.8) is 0 Å². The molecule has 92 valence electrons. The summed E-state index contributed by atoms with van der Waals surface area (Å²) in [7, 11) is 0. The Morgan fingerprint density at radius 2 is 2.24 bits per heavy atom. The maximum atomic E-state index is 6.01. The van der Waals surface area contributed by atoms with Gasteiger partial charge in [0.15, 0.2) is 0 Å². The number of hydrogen-bond acceptors (Lipinski definition) is 6. The van der Waals surface area contributed by atoms with E-state index in [0.717, 1.165) is 3.79 Å². The lowest BCUT2D eigenvalue weighted by Gasteiger charge is -2.16. The highest BCUT2D eigenvalue weighted by Gasteiger charge is 2.22. The van der Waals surface area contributed by atoms with Crippen LogP contribution in [0.15, 0.2) is 25.6 Å². The van der Waals surface area contributed by atoms with Crippen LogP contribution in [0.25, 0.3) is 0 Å². The molecular weight excluding hydrogens is 322 g/mol. The van der Waals surface area contributed by atoms with Crippen LogP contribution in [0.3, 0.4) is 0 Å². The number of nitrogens with two attached hydrogens (primary N) is 1. The number of halogens is 1. The van der Waals surface area contributed by atoms with Gasteiger partial charge in [-0.05, 0) is 35.0 Å². The largest absolute Gasteiger partial charge is 0.416 e. The lowest BCUT2D eigenvalue weighted by atomic mass is 10.2. The van der Waals surface area contributed by atoms with E-state index in [1.165, 1.54) is 16.6 Å². The van der Waals surface area contributed by atoms with Crippen LogP contribution in [-0.2, 0) is 0 Å². The SMILES string of the molecule is Cc1nnc(SC(c2ccc(Br)s2)C(C)N)o1. The highest BCUT2D eigenvalue weighted by molar-refractivity contribution is 9.11. The third-order valence-corrected chi connectivity index (χ3v) is 5.25. The monoisotopic (exact) mass is 333 g/mol. The van der Waals surface area contributed by atoms with Crippen molar-refractivity contribution < 1.29 is 4.42 Å². The van der Waals surface area contributed by atoms with E-state index in [4.69, 9.17) is 10.2 Å². The second kappa shape index (κ2) is 5.51. The van der Waals surface area contributed by atoms with Gasteiger partial charge in [0.05, 0.1) is 9.04 Å². The Morgan fingerprint density at radius 1 is 1.47 bits per heavy atom. The van der Waals surface area contributed by atoms with Gasteiger partial charge in [-0.1, -0.05) is 11.8 Å². The average Bonchev–Trinajstić information content (AvgIpc) is 2.83. The zero-order valence-corrected chi connectivity index (χ0v) is 12.6. The molecule has 2 heterocycles. The molecule has 0 radical (unpaired) electrons. The zero-order valence-electron chi connectivity index (χ0n) is 9.38. The summed E-state index contributed by atoms with van der Waals surface area (Å²) in [5.74, 6) is 0.572. The Hall–Kier alpha value is -0.370. The Kier molecular flexibility index (Phi) is 4.24. The van der Waals surface area contributed by atoms with Crippen LogP contribution in [0.5, 0.6) is 0 Å². The molecule has 0 saturated carbocycles. The first-order valence-electron chi connectivity index (χ1n) is 5.04. The number of aromatic nitrogens is 2. The van der Waals surface area contributed by atoms with Gasteiger partial charge < -0.3 is 10.2 Å². The number of hydrogen-bond donors (Lipinski definition) is 1. The minimum absolute atomic E-state index is 0.0118. The molecule has 2 N–H and O–H groups in total. The highest BCUT2D eigenvalue weighted by atomic mass is 79.9. The Morgan fingerprint density at radius 3 is 2.71 bits per heavy atom.